The van der Waals surface area contributed by atoms with Gasteiger partial charge in [0.2, 0.25) is 5.91 Å². The lowest BCUT2D eigenvalue weighted by Crippen LogP contribution is -2.27. The van der Waals surface area contributed by atoms with Gasteiger partial charge in [-0.25, -0.2) is 0 Å². The van der Waals surface area contributed by atoms with E-state index in [0.29, 0.717) is 12.3 Å². The average molecular weight is 365 g/mol. The zero-order valence-electron chi connectivity index (χ0n) is 15.3. The van der Waals surface area contributed by atoms with Crippen molar-refractivity contribution in [3.8, 4) is 0 Å². The lowest BCUT2D eigenvalue weighted by Gasteiger charge is -2.09. The van der Waals surface area contributed by atoms with Gasteiger partial charge in [0.15, 0.2) is 0 Å². The lowest BCUT2D eigenvalue weighted by molar-refractivity contribution is -0.118. The molecule has 0 aliphatic carbocycles. The van der Waals surface area contributed by atoms with Gasteiger partial charge in [-0.1, -0.05) is 48.0 Å². The molecule has 4 heteroatoms. The topological polar surface area (TPSA) is 42.0 Å². The van der Waals surface area contributed by atoms with E-state index in [1.165, 1.54) is 22.3 Å². The standard InChI is InChI=1S/C22H24N2OS/c1-16-8-9-17(2)20(13-16)14-26-15-21(25)23-12-10-19-6-3-5-18-7-4-11-24-22(18)19/h3-9,11,13H,10,12,14-15H2,1-2H3,(H,23,25). The molecule has 0 saturated heterocycles. The molecule has 134 valence electrons. The Labute approximate surface area is 159 Å². The first-order chi connectivity index (χ1) is 12.6. The first-order valence-corrected chi connectivity index (χ1v) is 10.0. The van der Waals surface area contributed by atoms with Crippen molar-refractivity contribution in [1.29, 1.82) is 0 Å². The number of fused-ring (bicyclic) bond motifs is 1. The predicted octanol–water partition coefficient (Wildman–Crippen LogP) is 4.44. The Hall–Kier alpha value is -2.33. The van der Waals surface area contributed by atoms with Crippen molar-refractivity contribution in [2.45, 2.75) is 26.0 Å². The SMILES string of the molecule is Cc1ccc(C)c(CSCC(=O)NCCc2cccc3cccnc23)c1. The maximum atomic E-state index is 12.1. The molecular weight excluding hydrogens is 340 g/mol. The molecule has 0 unspecified atom stereocenters. The van der Waals surface area contributed by atoms with Gasteiger partial charge in [-0.3, -0.25) is 9.78 Å². The van der Waals surface area contributed by atoms with Crippen LogP contribution in [0.5, 0.6) is 0 Å². The number of pyridine rings is 1. The molecule has 1 amide bonds. The van der Waals surface area contributed by atoms with E-state index < -0.39 is 0 Å². The van der Waals surface area contributed by atoms with Crippen LogP contribution in [-0.4, -0.2) is 23.2 Å². The molecule has 3 aromatic rings. The average Bonchev–Trinajstić information content (AvgIpc) is 2.65. The highest BCUT2D eigenvalue weighted by Gasteiger charge is 2.05. The quantitative estimate of drug-likeness (QED) is 0.674. The van der Waals surface area contributed by atoms with Gasteiger partial charge in [0.25, 0.3) is 0 Å². The minimum atomic E-state index is 0.0912. The molecule has 3 nitrogen and oxygen atoms in total. The first kappa shape index (κ1) is 18.5. The maximum Gasteiger partial charge on any atom is 0.230 e. The van der Waals surface area contributed by atoms with Crippen molar-refractivity contribution in [3.05, 3.63) is 77.0 Å². The van der Waals surface area contributed by atoms with Gasteiger partial charge in [-0.05, 0) is 43.0 Å². The normalized spacial score (nSPS) is 10.8. The third-order valence-electron chi connectivity index (χ3n) is 4.43. The number of rotatable bonds is 7. The molecule has 0 aliphatic heterocycles. The molecule has 2 aromatic carbocycles. The molecule has 1 aromatic heterocycles. The van der Waals surface area contributed by atoms with E-state index in [1.54, 1.807) is 11.8 Å². The Morgan fingerprint density at radius 2 is 1.92 bits per heavy atom. The number of amides is 1. The number of hydrogen-bond donors (Lipinski definition) is 1. The molecule has 1 N–H and O–H groups in total. The van der Waals surface area contributed by atoms with Gasteiger partial charge >= 0.3 is 0 Å². The van der Waals surface area contributed by atoms with E-state index in [1.807, 2.05) is 18.3 Å². The minimum Gasteiger partial charge on any atom is -0.355 e. The summed E-state index contributed by atoms with van der Waals surface area (Å²) in [6.07, 6.45) is 2.61. The van der Waals surface area contributed by atoms with Crippen LogP contribution in [0, 0.1) is 13.8 Å². The fourth-order valence-corrected chi connectivity index (χ4v) is 3.89. The van der Waals surface area contributed by atoms with Crippen molar-refractivity contribution in [1.82, 2.24) is 10.3 Å². The molecule has 1 heterocycles. The summed E-state index contributed by atoms with van der Waals surface area (Å²) in [5.74, 6) is 1.45. The molecule has 0 atom stereocenters. The van der Waals surface area contributed by atoms with Crippen LogP contribution >= 0.6 is 11.8 Å². The van der Waals surface area contributed by atoms with Crippen molar-refractivity contribution < 1.29 is 4.79 Å². The molecule has 0 saturated carbocycles. The Bertz CT molecular complexity index is 902. The number of carbonyl (C=O) groups excluding carboxylic acids is 1. The third-order valence-corrected chi connectivity index (χ3v) is 5.41. The number of aromatic nitrogens is 1. The fourth-order valence-electron chi connectivity index (χ4n) is 2.97. The van der Waals surface area contributed by atoms with Gasteiger partial charge in [-0.15, -0.1) is 11.8 Å². The molecular formula is C22H24N2OS. The summed E-state index contributed by atoms with van der Waals surface area (Å²) < 4.78 is 0. The van der Waals surface area contributed by atoms with Crippen LogP contribution in [0.1, 0.15) is 22.3 Å². The third kappa shape index (κ3) is 4.85. The summed E-state index contributed by atoms with van der Waals surface area (Å²) in [7, 11) is 0. The number of aryl methyl sites for hydroxylation is 2. The Morgan fingerprint density at radius 3 is 2.81 bits per heavy atom. The van der Waals surface area contributed by atoms with Crippen LogP contribution in [0.4, 0.5) is 0 Å². The second kappa shape index (κ2) is 8.86. The molecule has 0 spiro atoms. The Balaban J connectivity index is 1.45. The van der Waals surface area contributed by atoms with Crippen LogP contribution in [-0.2, 0) is 17.0 Å². The minimum absolute atomic E-state index is 0.0912. The molecule has 0 bridgehead atoms. The first-order valence-electron chi connectivity index (χ1n) is 8.86. The number of nitrogens with one attached hydrogen (secondary N) is 1. The van der Waals surface area contributed by atoms with Crippen molar-refractivity contribution in [2.24, 2.45) is 0 Å². The molecule has 26 heavy (non-hydrogen) atoms. The highest BCUT2D eigenvalue weighted by Crippen LogP contribution is 2.18. The van der Waals surface area contributed by atoms with Crippen LogP contribution in [0.25, 0.3) is 10.9 Å². The van der Waals surface area contributed by atoms with Gasteiger partial charge in [0.05, 0.1) is 11.3 Å². The van der Waals surface area contributed by atoms with E-state index in [4.69, 9.17) is 0 Å². The fraction of sp³-hybridized carbons (Fsp3) is 0.273. The largest absolute Gasteiger partial charge is 0.355 e. The lowest BCUT2D eigenvalue weighted by atomic mass is 10.1. The van der Waals surface area contributed by atoms with Crippen LogP contribution < -0.4 is 5.32 Å². The monoisotopic (exact) mass is 364 g/mol. The molecule has 0 radical (unpaired) electrons. The van der Waals surface area contributed by atoms with E-state index in [2.05, 4.69) is 60.5 Å². The van der Waals surface area contributed by atoms with E-state index >= 15 is 0 Å². The van der Waals surface area contributed by atoms with Crippen molar-refractivity contribution >= 4 is 28.6 Å². The highest BCUT2D eigenvalue weighted by atomic mass is 32.2. The second-order valence-electron chi connectivity index (χ2n) is 6.51. The number of para-hydroxylation sites is 1. The van der Waals surface area contributed by atoms with Crippen molar-refractivity contribution in [3.63, 3.8) is 0 Å². The highest BCUT2D eigenvalue weighted by molar-refractivity contribution is 7.99. The number of thioether (sulfide) groups is 1. The van der Waals surface area contributed by atoms with Gasteiger partial charge < -0.3 is 5.32 Å². The number of hydrogen-bond acceptors (Lipinski definition) is 3. The predicted molar refractivity (Wildman–Crippen MR) is 111 cm³/mol. The zero-order valence-corrected chi connectivity index (χ0v) is 16.1. The summed E-state index contributed by atoms with van der Waals surface area (Å²) in [6.45, 7) is 4.86. The van der Waals surface area contributed by atoms with Gasteiger partial charge in [-0.2, -0.15) is 0 Å². The summed E-state index contributed by atoms with van der Waals surface area (Å²) in [4.78, 5) is 16.6. The summed E-state index contributed by atoms with van der Waals surface area (Å²) >= 11 is 1.66. The Kier molecular flexibility index (Phi) is 6.29. The number of nitrogens with zero attached hydrogens (tertiary/aromatic N) is 1. The molecule has 0 aliphatic rings. The Morgan fingerprint density at radius 1 is 1.08 bits per heavy atom. The van der Waals surface area contributed by atoms with Gasteiger partial charge in [0, 0.05) is 23.9 Å². The van der Waals surface area contributed by atoms with E-state index in [0.717, 1.165) is 23.1 Å². The van der Waals surface area contributed by atoms with Crippen LogP contribution in [0.15, 0.2) is 54.7 Å². The summed E-state index contributed by atoms with van der Waals surface area (Å²) in [5, 5.41) is 4.16. The molecule has 0 fully saturated rings. The van der Waals surface area contributed by atoms with Crippen LogP contribution in [0.2, 0.25) is 0 Å². The molecule has 3 rings (SSSR count). The van der Waals surface area contributed by atoms with Crippen LogP contribution in [0.3, 0.4) is 0 Å². The summed E-state index contributed by atoms with van der Waals surface area (Å²) in [5.41, 5.74) is 6.05. The zero-order chi connectivity index (χ0) is 18.4. The van der Waals surface area contributed by atoms with Gasteiger partial charge in [0.1, 0.15) is 0 Å². The number of carbonyl (C=O) groups is 1. The summed E-state index contributed by atoms with van der Waals surface area (Å²) in [6, 6.07) is 16.7. The van der Waals surface area contributed by atoms with E-state index in [-0.39, 0.29) is 5.91 Å². The second-order valence-corrected chi connectivity index (χ2v) is 7.50. The maximum absolute atomic E-state index is 12.1. The smallest absolute Gasteiger partial charge is 0.230 e. The van der Waals surface area contributed by atoms with E-state index in [9.17, 15) is 4.79 Å². The van der Waals surface area contributed by atoms with Crippen molar-refractivity contribution in [2.75, 3.05) is 12.3 Å². The number of benzene rings is 2.